The van der Waals surface area contributed by atoms with E-state index >= 15 is 0 Å². The van der Waals surface area contributed by atoms with Gasteiger partial charge in [-0.2, -0.15) is 0 Å². The van der Waals surface area contributed by atoms with Crippen LogP contribution in [0.5, 0.6) is 0 Å². The van der Waals surface area contributed by atoms with Crippen molar-refractivity contribution in [2.75, 3.05) is 0 Å². The predicted octanol–water partition coefficient (Wildman–Crippen LogP) is -5.66. The van der Waals surface area contributed by atoms with Gasteiger partial charge in [-0.3, -0.25) is 0 Å². The Bertz CT molecular complexity index is 73.7. The van der Waals surface area contributed by atoms with Gasteiger partial charge in [0, 0.05) is 0 Å². The van der Waals surface area contributed by atoms with Crippen LogP contribution in [0.25, 0.3) is 0 Å². The summed E-state index contributed by atoms with van der Waals surface area (Å²) in [5, 5.41) is 33.3. The molecule has 8 heteroatoms. The third-order valence-corrected chi connectivity index (χ3v) is 0. The molecule has 0 saturated heterocycles. The number of carboxylic acid groups (broad SMARTS) is 4. The van der Waals surface area contributed by atoms with Crippen molar-refractivity contribution < 1.29 is 30.0 Å². The van der Waals surface area contributed by atoms with E-state index in [4.69, 9.17) is 30.0 Å². The molecule has 0 radical (unpaired) electrons. The topological polar surface area (TPSA) is 126 Å². The molecule has 0 amide bonds. The first kappa shape index (κ1) is 22.5. The van der Waals surface area contributed by atoms with Crippen molar-refractivity contribution >= 4 is 95.5 Å². The van der Waals surface area contributed by atoms with Gasteiger partial charge in [0.2, 0.25) is 0 Å². The van der Waals surface area contributed by atoms with E-state index in [9.17, 15) is 0 Å². The van der Waals surface area contributed by atoms with Crippen molar-refractivity contribution in [1.29, 1.82) is 0 Å². The molecular formula is C2CaO6Sr. The van der Waals surface area contributed by atoms with Gasteiger partial charge in [-0.15, -0.1) is 0 Å². The maximum absolute atomic E-state index is 8.33. The van der Waals surface area contributed by atoms with Gasteiger partial charge in [0.25, 0.3) is 0 Å². The van der Waals surface area contributed by atoms with Crippen LogP contribution in [0.1, 0.15) is 0 Å². The number of carbonyl (C=O) groups is 2. The number of hydrogen-bond donors (Lipinski definition) is 0. The second-order valence-corrected chi connectivity index (χ2v) is 0.500. The van der Waals surface area contributed by atoms with Crippen molar-refractivity contribution in [3.8, 4) is 0 Å². The first-order valence-electron chi connectivity index (χ1n) is 1.22. The molecule has 0 bridgehead atoms. The minimum atomic E-state index is -2.33. The van der Waals surface area contributed by atoms with Gasteiger partial charge in [-0.1, -0.05) is 0 Å². The molecule has 0 heterocycles. The Kier molecular flexibility index (Phi) is 37.6. The van der Waals surface area contributed by atoms with Crippen molar-refractivity contribution in [2.24, 2.45) is 0 Å². The van der Waals surface area contributed by atoms with Crippen LogP contribution < -0.4 is 20.4 Å². The van der Waals surface area contributed by atoms with E-state index in [1.165, 1.54) is 0 Å². The number of hydrogen-bond acceptors (Lipinski definition) is 6. The predicted molar refractivity (Wildman–Crippen MR) is 22.3 cm³/mol. The molecule has 0 aromatic rings. The van der Waals surface area contributed by atoms with E-state index in [0.29, 0.717) is 0 Å². The first-order chi connectivity index (χ1) is 3.46. The van der Waals surface area contributed by atoms with Gasteiger partial charge in [0.15, 0.2) is 0 Å². The fourth-order valence-corrected chi connectivity index (χ4v) is 0. The van der Waals surface area contributed by atoms with Crippen LogP contribution in [0.3, 0.4) is 0 Å². The van der Waals surface area contributed by atoms with Gasteiger partial charge >= 0.3 is 83.2 Å². The molecule has 0 rings (SSSR count). The normalized spacial score (nSPS) is 4.80. The Morgan fingerprint density at radius 1 is 0.800 bits per heavy atom. The molecule has 0 fully saturated rings. The standard InChI is InChI=1S/2CH2O3.Ca.Sr/c2*2-1(3)4;;/h2*(H2,2,3,4);;/q;;2*+2/p-4. The van der Waals surface area contributed by atoms with Crippen molar-refractivity contribution in [3.05, 3.63) is 0 Å². The summed E-state index contributed by atoms with van der Waals surface area (Å²) in [5.41, 5.74) is 0. The van der Waals surface area contributed by atoms with Gasteiger partial charge in [0.05, 0.1) is 0 Å². The maximum Gasteiger partial charge on any atom is 2.00 e. The molecule has 0 N–H and O–H groups in total. The SMILES string of the molecule is O=C([O-])[O-].O=C([O-])[O-].[Ca+2].[Sr+2]. The summed E-state index contributed by atoms with van der Waals surface area (Å²) in [5.74, 6) is 0. The molecule has 0 atom stereocenters. The zero-order valence-corrected chi connectivity index (χ0v) is 10.5. The molecule has 10 heavy (non-hydrogen) atoms. The van der Waals surface area contributed by atoms with E-state index in [0.717, 1.165) is 0 Å². The minimum Gasteiger partial charge on any atom is -0.652 e. The van der Waals surface area contributed by atoms with Crippen LogP contribution in [0, 0.1) is 0 Å². The third kappa shape index (κ3) is 388. The molecule has 0 aliphatic carbocycles. The van der Waals surface area contributed by atoms with Crippen molar-refractivity contribution in [1.82, 2.24) is 0 Å². The molecule has 0 aromatic carbocycles. The van der Waals surface area contributed by atoms with E-state index in [2.05, 4.69) is 0 Å². The summed E-state index contributed by atoms with van der Waals surface area (Å²) in [6, 6.07) is 0. The Morgan fingerprint density at radius 2 is 0.800 bits per heavy atom. The second-order valence-electron chi connectivity index (χ2n) is 0.500. The monoisotopic (exact) mass is 248 g/mol. The van der Waals surface area contributed by atoms with Crippen LogP contribution >= 0.6 is 0 Å². The average molecular weight is 248 g/mol. The van der Waals surface area contributed by atoms with E-state index in [1.54, 1.807) is 0 Å². The van der Waals surface area contributed by atoms with Gasteiger partial charge in [-0.05, 0) is 12.3 Å². The van der Waals surface area contributed by atoms with Gasteiger partial charge in [-0.25, -0.2) is 0 Å². The van der Waals surface area contributed by atoms with Crippen LogP contribution in [0.4, 0.5) is 9.59 Å². The van der Waals surface area contributed by atoms with Crippen molar-refractivity contribution in [3.63, 3.8) is 0 Å². The molecule has 48 valence electrons. The third-order valence-electron chi connectivity index (χ3n) is 0. The molecule has 0 saturated carbocycles. The second kappa shape index (κ2) is 16.7. The Morgan fingerprint density at radius 3 is 0.800 bits per heavy atom. The number of carbonyl (C=O) groups excluding carboxylic acids is 2. The van der Waals surface area contributed by atoms with Crippen LogP contribution in [0.2, 0.25) is 0 Å². The van der Waals surface area contributed by atoms with E-state index in [1.807, 2.05) is 0 Å². The summed E-state index contributed by atoms with van der Waals surface area (Å²) < 4.78 is 0. The summed E-state index contributed by atoms with van der Waals surface area (Å²) in [6.45, 7) is 0. The summed E-state index contributed by atoms with van der Waals surface area (Å²) in [7, 11) is 0. The molecule has 0 aliphatic rings. The number of rotatable bonds is 0. The zero-order valence-electron chi connectivity index (χ0n) is 4.86. The average Bonchev–Trinajstić information content (AvgIpc) is 1.25. The summed E-state index contributed by atoms with van der Waals surface area (Å²) in [4.78, 5) is 16.7. The first-order valence-corrected chi connectivity index (χ1v) is 1.22. The quantitative estimate of drug-likeness (QED) is 0.393. The van der Waals surface area contributed by atoms with Gasteiger partial charge in [0.1, 0.15) is 0 Å². The van der Waals surface area contributed by atoms with Crippen LogP contribution in [-0.2, 0) is 0 Å². The molecule has 0 unspecified atom stereocenters. The Labute approximate surface area is 123 Å². The van der Waals surface area contributed by atoms with Crippen molar-refractivity contribution in [2.45, 2.75) is 0 Å². The Hall–Kier alpha value is 1.28. The smallest absolute Gasteiger partial charge is 0.652 e. The maximum atomic E-state index is 8.33. The minimum absolute atomic E-state index is 0. The fraction of sp³-hybridized carbons (Fsp3) is 0. The fourth-order valence-electron chi connectivity index (χ4n) is 0. The van der Waals surface area contributed by atoms with E-state index < -0.39 is 12.3 Å². The molecule has 0 aliphatic heterocycles. The largest absolute Gasteiger partial charge is 2.00 e. The molecule has 0 aromatic heterocycles. The molecular weight excluding hydrogens is 248 g/mol. The van der Waals surface area contributed by atoms with E-state index in [-0.39, 0.29) is 83.2 Å². The molecule has 6 nitrogen and oxygen atoms in total. The Balaban J connectivity index is -0.0000000300. The van der Waals surface area contributed by atoms with Crippen LogP contribution in [-0.4, -0.2) is 95.5 Å². The van der Waals surface area contributed by atoms with Crippen LogP contribution in [0.15, 0.2) is 0 Å². The summed E-state index contributed by atoms with van der Waals surface area (Å²) >= 11 is 0. The summed E-state index contributed by atoms with van der Waals surface area (Å²) in [6.07, 6.45) is -4.67. The van der Waals surface area contributed by atoms with Gasteiger partial charge < -0.3 is 30.0 Å². The zero-order chi connectivity index (χ0) is 7.15. The molecule has 0 spiro atoms.